The first-order valence-corrected chi connectivity index (χ1v) is 8.80. The van der Waals surface area contributed by atoms with Crippen molar-refractivity contribution >= 4 is 11.8 Å². The Balaban J connectivity index is 2.10. The second kappa shape index (κ2) is 11.2. The van der Waals surface area contributed by atoms with E-state index in [0.717, 1.165) is 6.42 Å². The SMILES string of the molecule is C=CCN1C(=O)CC(C/C=C\CCCCCCCCC)C1=O. The highest BCUT2D eigenvalue weighted by molar-refractivity contribution is 6.03. The van der Waals surface area contributed by atoms with Crippen molar-refractivity contribution in [2.45, 2.75) is 71.1 Å². The first-order chi connectivity index (χ1) is 10.7. The molecule has 1 aliphatic rings. The largest absolute Gasteiger partial charge is 0.278 e. The van der Waals surface area contributed by atoms with Crippen LogP contribution < -0.4 is 0 Å². The van der Waals surface area contributed by atoms with Crippen molar-refractivity contribution in [3.8, 4) is 0 Å². The third-order valence-corrected chi connectivity index (χ3v) is 4.21. The Bertz CT molecular complexity index is 387. The topological polar surface area (TPSA) is 37.4 Å². The highest BCUT2D eigenvalue weighted by atomic mass is 16.2. The summed E-state index contributed by atoms with van der Waals surface area (Å²) in [5, 5.41) is 0. The quantitative estimate of drug-likeness (QED) is 0.299. The zero-order valence-corrected chi connectivity index (χ0v) is 14.1. The molecule has 1 unspecified atom stereocenters. The summed E-state index contributed by atoms with van der Waals surface area (Å²) in [7, 11) is 0. The zero-order valence-electron chi connectivity index (χ0n) is 14.1. The van der Waals surface area contributed by atoms with Crippen molar-refractivity contribution in [3.05, 3.63) is 24.8 Å². The summed E-state index contributed by atoms with van der Waals surface area (Å²) in [6, 6.07) is 0. The summed E-state index contributed by atoms with van der Waals surface area (Å²) >= 11 is 0. The fraction of sp³-hybridized carbons (Fsp3) is 0.684. The number of carbonyl (C=O) groups excluding carboxylic acids is 2. The molecule has 22 heavy (non-hydrogen) atoms. The summed E-state index contributed by atoms with van der Waals surface area (Å²) in [4.78, 5) is 25.0. The predicted octanol–water partition coefficient (Wildman–Crippen LogP) is 4.63. The van der Waals surface area contributed by atoms with Crippen molar-refractivity contribution in [3.63, 3.8) is 0 Å². The monoisotopic (exact) mass is 305 g/mol. The van der Waals surface area contributed by atoms with Crippen LogP contribution in [-0.2, 0) is 9.59 Å². The van der Waals surface area contributed by atoms with Gasteiger partial charge in [0.05, 0.1) is 5.92 Å². The zero-order chi connectivity index (χ0) is 16.2. The highest BCUT2D eigenvalue weighted by Crippen LogP contribution is 2.23. The Morgan fingerprint density at radius 1 is 1.09 bits per heavy atom. The van der Waals surface area contributed by atoms with Crippen LogP contribution in [0.3, 0.4) is 0 Å². The first-order valence-electron chi connectivity index (χ1n) is 8.80. The van der Waals surface area contributed by atoms with Gasteiger partial charge in [0.25, 0.3) is 0 Å². The molecule has 3 heteroatoms. The Labute approximate surface area is 135 Å². The van der Waals surface area contributed by atoms with E-state index in [9.17, 15) is 9.59 Å². The van der Waals surface area contributed by atoms with E-state index in [0.29, 0.717) is 19.4 Å². The van der Waals surface area contributed by atoms with Crippen LogP contribution >= 0.6 is 0 Å². The van der Waals surface area contributed by atoms with Gasteiger partial charge in [0.1, 0.15) is 0 Å². The number of carbonyl (C=O) groups is 2. The lowest BCUT2D eigenvalue weighted by molar-refractivity contribution is -0.138. The number of likely N-dealkylation sites (tertiary alicyclic amines) is 1. The van der Waals surface area contributed by atoms with Gasteiger partial charge in [0, 0.05) is 13.0 Å². The predicted molar refractivity (Wildman–Crippen MR) is 91.4 cm³/mol. The summed E-state index contributed by atoms with van der Waals surface area (Å²) in [5.74, 6) is -0.251. The molecule has 0 aromatic rings. The number of amides is 2. The van der Waals surface area contributed by atoms with E-state index < -0.39 is 0 Å². The van der Waals surface area contributed by atoms with Gasteiger partial charge in [-0.05, 0) is 19.3 Å². The maximum absolute atomic E-state index is 12.0. The number of unbranched alkanes of at least 4 members (excludes halogenated alkanes) is 7. The summed E-state index contributed by atoms with van der Waals surface area (Å²) in [6.07, 6.45) is 17.2. The van der Waals surface area contributed by atoms with Gasteiger partial charge in [0.15, 0.2) is 0 Å². The molecule has 0 bridgehead atoms. The molecule has 0 N–H and O–H groups in total. The van der Waals surface area contributed by atoms with Crippen LogP contribution in [0.5, 0.6) is 0 Å². The van der Waals surface area contributed by atoms with Crippen LogP contribution in [0.25, 0.3) is 0 Å². The lowest BCUT2D eigenvalue weighted by Crippen LogP contribution is -2.30. The van der Waals surface area contributed by atoms with Crippen molar-refractivity contribution in [2.75, 3.05) is 6.54 Å². The van der Waals surface area contributed by atoms with E-state index >= 15 is 0 Å². The molecule has 2 amide bonds. The molecule has 1 rings (SSSR count). The van der Waals surface area contributed by atoms with Crippen LogP contribution in [0.4, 0.5) is 0 Å². The van der Waals surface area contributed by atoms with Gasteiger partial charge in [-0.15, -0.1) is 6.58 Å². The van der Waals surface area contributed by atoms with Gasteiger partial charge in [-0.1, -0.05) is 63.7 Å². The average Bonchev–Trinajstić information content (AvgIpc) is 2.77. The van der Waals surface area contributed by atoms with Crippen molar-refractivity contribution in [1.82, 2.24) is 4.90 Å². The number of hydrogen-bond acceptors (Lipinski definition) is 2. The maximum Gasteiger partial charge on any atom is 0.233 e. The Hall–Kier alpha value is -1.38. The molecule has 1 heterocycles. The summed E-state index contributed by atoms with van der Waals surface area (Å²) in [6.45, 7) is 6.17. The lowest BCUT2D eigenvalue weighted by Gasteiger charge is -2.11. The van der Waals surface area contributed by atoms with E-state index in [-0.39, 0.29) is 17.7 Å². The molecule has 1 aliphatic heterocycles. The highest BCUT2D eigenvalue weighted by Gasteiger charge is 2.36. The van der Waals surface area contributed by atoms with Crippen LogP contribution in [0.1, 0.15) is 71.1 Å². The third kappa shape index (κ3) is 6.59. The van der Waals surface area contributed by atoms with Gasteiger partial charge < -0.3 is 0 Å². The van der Waals surface area contributed by atoms with Crippen LogP contribution in [0.2, 0.25) is 0 Å². The van der Waals surface area contributed by atoms with E-state index in [1.165, 1.54) is 49.8 Å². The second-order valence-electron chi connectivity index (χ2n) is 6.15. The minimum atomic E-state index is -0.155. The van der Waals surface area contributed by atoms with Gasteiger partial charge >= 0.3 is 0 Å². The fourth-order valence-electron chi connectivity index (χ4n) is 2.85. The molecular weight excluding hydrogens is 274 g/mol. The molecule has 0 spiro atoms. The Kier molecular flexibility index (Phi) is 9.52. The smallest absolute Gasteiger partial charge is 0.233 e. The van der Waals surface area contributed by atoms with E-state index in [4.69, 9.17) is 0 Å². The van der Waals surface area contributed by atoms with Crippen LogP contribution in [0.15, 0.2) is 24.8 Å². The molecular formula is C19H31NO2. The molecule has 124 valence electrons. The number of nitrogens with zero attached hydrogens (tertiary/aromatic N) is 1. The average molecular weight is 305 g/mol. The van der Waals surface area contributed by atoms with E-state index in [2.05, 4.69) is 25.7 Å². The summed E-state index contributed by atoms with van der Waals surface area (Å²) in [5.41, 5.74) is 0. The van der Waals surface area contributed by atoms with Crippen molar-refractivity contribution in [2.24, 2.45) is 5.92 Å². The Morgan fingerprint density at radius 3 is 2.45 bits per heavy atom. The first kappa shape index (κ1) is 18.7. The fourth-order valence-corrected chi connectivity index (χ4v) is 2.85. The molecule has 1 atom stereocenters. The molecule has 1 saturated heterocycles. The Morgan fingerprint density at radius 2 is 1.77 bits per heavy atom. The summed E-state index contributed by atoms with van der Waals surface area (Å²) < 4.78 is 0. The third-order valence-electron chi connectivity index (χ3n) is 4.21. The van der Waals surface area contributed by atoms with Gasteiger partial charge in [-0.3, -0.25) is 14.5 Å². The minimum absolute atomic E-state index is 0.0366. The minimum Gasteiger partial charge on any atom is -0.278 e. The number of hydrogen-bond donors (Lipinski definition) is 0. The molecule has 1 fully saturated rings. The second-order valence-corrected chi connectivity index (χ2v) is 6.15. The molecule has 3 nitrogen and oxygen atoms in total. The molecule has 0 saturated carbocycles. The van der Waals surface area contributed by atoms with E-state index in [1.807, 2.05) is 0 Å². The molecule has 0 aliphatic carbocycles. The van der Waals surface area contributed by atoms with Gasteiger partial charge in [-0.25, -0.2) is 0 Å². The number of allylic oxidation sites excluding steroid dienone is 2. The number of rotatable bonds is 12. The van der Waals surface area contributed by atoms with Gasteiger partial charge in [-0.2, -0.15) is 0 Å². The van der Waals surface area contributed by atoms with Crippen molar-refractivity contribution < 1.29 is 9.59 Å². The number of imide groups is 1. The van der Waals surface area contributed by atoms with Crippen LogP contribution in [0, 0.1) is 5.92 Å². The molecule has 0 aromatic heterocycles. The van der Waals surface area contributed by atoms with E-state index in [1.54, 1.807) is 6.08 Å². The standard InChI is InChI=1S/C19H31NO2/c1-3-5-6-7-8-9-10-11-12-13-14-17-16-18(21)20(15-4-2)19(17)22/h4,12-13,17H,2-3,5-11,14-16H2,1H3/b13-12-. The maximum atomic E-state index is 12.0. The van der Waals surface area contributed by atoms with Crippen molar-refractivity contribution in [1.29, 1.82) is 0 Å². The van der Waals surface area contributed by atoms with Crippen LogP contribution in [-0.4, -0.2) is 23.3 Å². The van der Waals surface area contributed by atoms with Gasteiger partial charge in [0.2, 0.25) is 11.8 Å². The molecule has 0 aromatic carbocycles. The normalized spacial score (nSPS) is 18.6. The molecule has 0 radical (unpaired) electrons. The lowest BCUT2D eigenvalue weighted by atomic mass is 10.0.